The van der Waals surface area contributed by atoms with Gasteiger partial charge in [0.05, 0.1) is 13.2 Å². The van der Waals surface area contributed by atoms with Crippen LogP contribution in [0.15, 0.2) is 30.3 Å². The highest BCUT2D eigenvalue weighted by molar-refractivity contribution is 5.86. The van der Waals surface area contributed by atoms with Crippen LogP contribution in [0.25, 0.3) is 0 Å². The number of carboxylic acids is 1. The molecule has 0 radical (unpaired) electrons. The first-order valence-corrected chi connectivity index (χ1v) is 5.53. The largest absolute Gasteiger partial charge is 0.480 e. The predicted molar refractivity (Wildman–Crippen MR) is 61.7 cm³/mol. The minimum absolute atomic E-state index is 0.0342. The van der Waals surface area contributed by atoms with E-state index < -0.39 is 30.7 Å². The Hall–Kier alpha value is -2.09. The van der Waals surface area contributed by atoms with Gasteiger partial charge in [0, 0.05) is 0 Å². The molecule has 0 aliphatic heterocycles. The highest BCUT2D eigenvalue weighted by atomic mass is 19.4. The quantitative estimate of drug-likeness (QED) is 0.829. The number of benzene rings is 1. The number of halogens is 3. The molecule has 5 nitrogen and oxygen atoms in total. The van der Waals surface area contributed by atoms with Gasteiger partial charge in [0.1, 0.15) is 0 Å². The van der Waals surface area contributed by atoms with Crippen LogP contribution in [0.2, 0.25) is 0 Å². The number of alkyl halides is 3. The molecular formula is C12H12F3NO4. The van der Waals surface area contributed by atoms with Crippen molar-refractivity contribution >= 4 is 11.9 Å². The van der Waals surface area contributed by atoms with Crippen molar-refractivity contribution in [2.75, 3.05) is 6.61 Å². The molecule has 0 bridgehead atoms. The number of amides is 1. The smallest absolute Gasteiger partial charge is 0.471 e. The van der Waals surface area contributed by atoms with Crippen LogP contribution < -0.4 is 5.32 Å². The zero-order chi connectivity index (χ0) is 15.2. The summed E-state index contributed by atoms with van der Waals surface area (Å²) in [5, 5.41) is 10.1. The highest BCUT2D eigenvalue weighted by Crippen LogP contribution is 2.14. The van der Waals surface area contributed by atoms with E-state index in [-0.39, 0.29) is 6.61 Å². The normalized spacial score (nSPS) is 12.8. The van der Waals surface area contributed by atoms with E-state index in [1.807, 2.05) is 0 Å². The zero-order valence-electron chi connectivity index (χ0n) is 10.2. The fourth-order valence-electron chi connectivity index (χ4n) is 1.28. The summed E-state index contributed by atoms with van der Waals surface area (Å²) in [5.74, 6) is -3.91. The summed E-state index contributed by atoms with van der Waals surface area (Å²) in [6.07, 6.45) is -5.13. The molecule has 0 saturated carbocycles. The average Bonchev–Trinajstić information content (AvgIpc) is 2.37. The van der Waals surface area contributed by atoms with Crippen molar-refractivity contribution in [3.05, 3.63) is 35.9 Å². The summed E-state index contributed by atoms with van der Waals surface area (Å²) in [4.78, 5) is 21.4. The van der Waals surface area contributed by atoms with E-state index in [0.29, 0.717) is 0 Å². The lowest BCUT2D eigenvalue weighted by molar-refractivity contribution is -0.176. The third-order valence-corrected chi connectivity index (χ3v) is 2.26. The van der Waals surface area contributed by atoms with Crippen LogP contribution in [-0.4, -0.2) is 35.8 Å². The number of ether oxygens (including phenoxy) is 1. The van der Waals surface area contributed by atoms with E-state index in [0.717, 1.165) is 5.56 Å². The molecule has 0 heterocycles. The van der Waals surface area contributed by atoms with Crippen LogP contribution in [-0.2, 0) is 20.9 Å². The van der Waals surface area contributed by atoms with Gasteiger partial charge in [-0.05, 0) is 5.56 Å². The van der Waals surface area contributed by atoms with Crippen LogP contribution in [0.5, 0.6) is 0 Å². The lowest BCUT2D eigenvalue weighted by atomic mass is 10.2. The number of hydrogen-bond acceptors (Lipinski definition) is 3. The summed E-state index contributed by atoms with van der Waals surface area (Å²) in [6, 6.07) is 6.91. The van der Waals surface area contributed by atoms with Gasteiger partial charge in [-0.25, -0.2) is 4.79 Å². The van der Waals surface area contributed by atoms with E-state index in [4.69, 9.17) is 9.84 Å². The van der Waals surface area contributed by atoms with Gasteiger partial charge in [0.15, 0.2) is 6.04 Å². The van der Waals surface area contributed by atoms with Crippen LogP contribution in [0.3, 0.4) is 0 Å². The summed E-state index contributed by atoms with van der Waals surface area (Å²) in [5.41, 5.74) is 0.735. The van der Waals surface area contributed by atoms with Gasteiger partial charge in [-0.15, -0.1) is 0 Å². The molecule has 110 valence electrons. The molecule has 1 rings (SSSR count). The topological polar surface area (TPSA) is 75.6 Å². The summed E-state index contributed by atoms with van der Waals surface area (Å²) >= 11 is 0. The Kier molecular flexibility index (Phi) is 5.51. The van der Waals surface area contributed by atoms with Gasteiger partial charge in [0.25, 0.3) is 0 Å². The molecule has 1 aromatic rings. The van der Waals surface area contributed by atoms with Gasteiger partial charge >= 0.3 is 18.1 Å². The average molecular weight is 291 g/mol. The van der Waals surface area contributed by atoms with Crippen molar-refractivity contribution in [1.82, 2.24) is 5.32 Å². The lowest BCUT2D eigenvalue weighted by Gasteiger charge is -2.15. The Morgan fingerprint density at radius 3 is 2.35 bits per heavy atom. The molecule has 8 heteroatoms. The molecule has 0 aliphatic carbocycles. The second kappa shape index (κ2) is 6.90. The van der Waals surface area contributed by atoms with Crippen molar-refractivity contribution in [1.29, 1.82) is 0 Å². The van der Waals surface area contributed by atoms with Crippen molar-refractivity contribution in [2.24, 2.45) is 0 Å². The molecule has 0 aliphatic rings. The van der Waals surface area contributed by atoms with Crippen molar-refractivity contribution in [3.63, 3.8) is 0 Å². The minimum atomic E-state index is -5.13. The first-order chi connectivity index (χ1) is 9.30. The van der Waals surface area contributed by atoms with E-state index in [1.54, 1.807) is 30.3 Å². The second-order valence-corrected chi connectivity index (χ2v) is 3.86. The Balaban J connectivity index is 2.48. The third-order valence-electron chi connectivity index (χ3n) is 2.26. The van der Waals surface area contributed by atoms with E-state index in [1.165, 1.54) is 5.32 Å². The van der Waals surface area contributed by atoms with Crippen LogP contribution in [0.1, 0.15) is 5.56 Å². The van der Waals surface area contributed by atoms with Crippen LogP contribution in [0, 0.1) is 0 Å². The third kappa shape index (κ3) is 5.27. The first-order valence-electron chi connectivity index (χ1n) is 5.53. The standard InChI is InChI=1S/C12H12F3NO4/c13-12(14,15)11(19)16-9(10(17)18)7-20-6-8-4-2-1-3-5-8/h1-5,9H,6-7H2,(H,16,19)(H,17,18). The van der Waals surface area contributed by atoms with Crippen LogP contribution in [0.4, 0.5) is 13.2 Å². The SMILES string of the molecule is O=C(O)C(COCc1ccccc1)NC(=O)C(F)(F)F. The van der Waals surface area contributed by atoms with Gasteiger partial charge in [-0.2, -0.15) is 13.2 Å². The Morgan fingerprint density at radius 1 is 1.25 bits per heavy atom. The number of carboxylic acid groups (broad SMARTS) is 1. The number of nitrogens with one attached hydrogen (secondary N) is 1. The molecule has 1 unspecified atom stereocenters. The van der Waals surface area contributed by atoms with Gasteiger partial charge in [-0.3, -0.25) is 4.79 Å². The number of carbonyl (C=O) groups is 2. The van der Waals surface area contributed by atoms with Crippen molar-refractivity contribution in [3.8, 4) is 0 Å². The number of rotatable bonds is 6. The summed E-state index contributed by atoms with van der Waals surface area (Å²) in [7, 11) is 0. The Bertz CT molecular complexity index is 462. The van der Waals surface area contributed by atoms with Crippen molar-refractivity contribution < 1.29 is 32.6 Å². The lowest BCUT2D eigenvalue weighted by Crippen LogP contribution is -2.49. The Labute approximate surface area is 112 Å². The predicted octanol–water partition coefficient (Wildman–Crippen LogP) is 1.33. The molecule has 20 heavy (non-hydrogen) atoms. The fourth-order valence-corrected chi connectivity index (χ4v) is 1.28. The number of aliphatic carboxylic acids is 1. The van der Waals surface area contributed by atoms with Crippen molar-refractivity contribution in [2.45, 2.75) is 18.8 Å². The fraction of sp³-hybridized carbons (Fsp3) is 0.333. The molecule has 0 saturated heterocycles. The first kappa shape index (κ1) is 16.0. The molecule has 1 amide bonds. The zero-order valence-corrected chi connectivity index (χ0v) is 10.2. The van der Waals surface area contributed by atoms with Gasteiger partial charge in [0.2, 0.25) is 0 Å². The Morgan fingerprint density at radius 2 is 1.85 bits per heavy atom. The van der Waals surface area contributed by atoms with E-state index in [9.17, 15) is 22.8 Å². The molecule has 1 aromatic carbocycles. The molecular weight excluding hydrogens is 279 g/mol. The monoisotopic (exact) mass is 291 g/mol. The molecule has 0 spiro atoms. The van der Waals surface area contributed by atoms with Gasteiger partial charge < -0.3 is 15.2 Å². The molecule has 0 fully saturated rings. The number of carbonyl (C=O) groups excluding carboxylic acids is 1. The second-order valence-electron chi connectivity index (χ2n) is 3.86. The maximum absolute atomic E-state index is 12.0. The number of hydrogen-bond donors (Lipinski definition) is 2. The van der Waals surface area contributed by atoms with E-state index >= 15 is 0 Å². The summed E-state index contributed by atoms with van der Waals surface area (Å²) < 4.78 is 41.0. The van der Waals surface area contributed by atoms with E-state index in [2.05, 4.69) is 0 Å². The summed E-state index contributed by atoms with van der Waals surface area (Å²) in [6.45, 7) is -0.529. The molecule has 1 atom stereocenters. The minimum Gasteiger partial charge on any atom is -0.480 e. The highest BCUT2D eigenvalue weighted by Gasteiger charge is 2.40. The molecule has 2 N–H and O–H groups in total. The molecule has 0 aromatic heterocycles. The van der Waals surface area contributed by atoms with Crippen LogP contribution >= 0.6 is 0 Å². The van der Waals surface area contributed by atoms with Gasteiger partial charge in [-0.1, -0.05) is 30.3 Å². The maximum atomic E-state index is 12.0. The maximum Gasteiger partial charge on any atom is 0.471 e.